The number of aromatic nitrogens is 2. The third-order valence-corrected chi connectivity index (χ3v) is 7.68. The minimum atomic E-state index is -0.635. The Labute approximate surface area is 231 Å². The molecule has 0 saturated carbocycles. The van der Waals surface area contributed by atoms with Gasteiger partial charge in [0.15, 0.2) is 5.79 Å². The molecule has 0 spiro atoms. The maximum absolute atomic E-state index is 14.0. The van der Waals surface area contributed by atoms with Gasteiger partial charge >= 0.3 is 0 Å². The average Bonchev–Trinajstić information content (AvgIpc) is 3.09. The molecule has 0 unspecified atom stereocenters. The zero-order valence-electron chi connectivity index (χ0n) is 24.0. The lowest BCUT2D eigenvalue weighted by Crippen LogP contribution is -2.43. The van der Waals surface area contributed by atoms with Crippen molar-refractivity contribution in [3.8, 4) is 22.4 Å². The van der Waals surface area contributed by atoms with Gasteiger partial charge in [0.05, 0.1) is 29.3 Å². The maximum Gasteiger partial charge on any atom is 0.163 e. The number of aryl methyl sites for hydroxylation is 1. The summed E-state index contributed by atoms with van der Waals surface area (Å²) in [5, 5.41) is 3.17. The minimum absolute atomic E-state index is 0.0662. The van der Waals surface area contributed by atoms with Crippen LogP contribution in [0.3, 0.4) is 0 Å². The van der Waals surface area contributed by atoms with Crippen molar-refractivity contribution in [2.45, 2.75) is 90.6 Å². The highest BCUT2D eigenvalue weighted by molar-refractivity contribution is 5.85. The number of nitrogens with one attached hydrogen (secondary N) is 1. The Hall–Kier alpha value is -3.09. The summed E-state index contributed by atoms with van der Waals surface area (Å²) < 4.78 is 26.4. The van der Waals surface area contributed by atoms with Crippen LogP contribution < -0.4 is 5.32 Å². The van der Waals surface area contributed by atoms with E-state index < -0.39 is 5.79 Å². The Bertz CT molecular complexity index is 1360. The van der Waals surface area contributed by atoms with Gasteiger partial charge in [0.2, 0.25) is 0 Å². The molecule has 206 valence electrons. The van der Waals surface area contributed by atoms with Crippen LogP contribution in [0, 0.1) is 5.82 Å². The first-order chi connectivity index (χ1) is 18.7. The van der Waals surface area contributed by atoms with Crippen LogP contribution in [-0.4, -0.2) is 35.0 Å². The van der Waals surface area contributed by atoms with Gasteiger partial charge < -0.3 is 14.8 Å². The highest BCUT2D eigenvalue weighted by Gasteiger charge is 2.34. The smallest absolute Gasteiger partial charge is 0.163 e. The molecule has 0 bridgehead atoms. The highest BCUT2D eigenvalue weighted by atomic mass is 19.1. The lowest BCUT2D eigenvalue weighted by Gasteiger charge is -2.39. The van der Waals surface area contributed by atoms with Gasteiger partial charge in [-0.05, 0) is 86.4 Å². The molecule has 2 aliphatic rings. The van der Waals surface area contributed by atoms with Gasteiger partial charge in [-0.3, -0.25) is 4.98 Å². The first kappa shape index (κ1) is 27.5. The van der Waals surface area contributed by atoms with Gasteiger partial charge in [0, 0.05) is 24.6 Å². The van der Waals surface area contributed by atoms with Crippen molar-refractivity contribution in [2.24, 2.45) is 0 Å². The van der Waals surface area contributed by atoms with Crippen LogP contribution in [0.15, 0.2) is 42.5 Å². The second-order valence-corrected chi connectivity index (χ2v) is 11.4. The number of halogens is 1. The monoisotopic (exact) mass is 529 g/mol. The average molecular weight is 530 g/mol. The van der Waals surface area contributed by atoms with Gasteiger partial charge in [-0.2, -0.15) is 0 Å². The number of hydrogen-bond donors (Lipinski definition) is 1. The van der Waals surface area contributed by atoms with Crippen molar-refractivity contribution in [2.75, 3.05) is 12.4 Å². The summed E-state index contributed by atoms with van der Waals surface area (Å²) in [4.78, 5) is 10.2. The first-order valence-corrected chi connectivity index (χ1v) is 14.2. The topological polar surface area (TPSA) is 56.3 Å². The van der Waals surface area contributed by atoms with Crippen LogP contribution in [0.5, 0.6) is 0 Å². The number of benzene rings is 1. The fraction of sp³-hybridized carbons (Fsp3) is 0.455. The molecular weight excluding hydrogens is 489 g/mol. The SMILES string of the molecule is CC[C@H]1C[C@@H](/C=C/c2c(C(C)C)nc3c(c2-c2ccc(F)cc2)CCCc2nc(NC)ccc2-3)OC(C)(C)O1. The largest absolute Gasteiger partial charge is 0.373 e. The van der Waals surface area contributed by atoms with E-state index in [1.807, 2.05) is 39.1 Å². The van der Waals surface area contributed by atoms with Crippen LogP contribution in [0.4, 0.5) is 10.2 Å². The Morgan fingerprint density at radius 2 is 1.85 bits per heavy atom. The fourth-order valence-electron chi connectivity index (χ4n) is 5.88. The second-order valence-electron chi connectivity index (χ2n) is 11.4. The van der Waals surface area contributed by atoms with E-state index in [2.05, 4.69) is 44.3 Å². The third kappa shape index (κ3) is 5.78. The number of fused-ring (bicyclic) bond motifs is 3. The summed E-state index contributed by atoms with van der Waals surface area (Å²) >= 11 is 0. The number of nitrogens with zero attached hydrogens (tertiary/aromatic N) is 2. The van der Waals surface area contributed by atoms with E-state index in [0.29, 0.717) is 0 Å². The lowest BCUT2D eigenvalue weighted by molar-refractivity contribution is -0.290. The molecule has 6 heteroatoms. The molecule has 39 heavy (non-hydrogen) atoms. The van der Waals surface area contributed by atoms with Crippen molar-refractivity contribution in [1.82, 2.24) is 9.97 Å². The van der Waals surface area contributed by atoms with E-state index in [-0.39, 0.29) is 23.9 Å². The molecule has 5 nitrogen and oxygen atoms in total. The number of hydrogen-bond acceptors (Lipinski definition) is 5. The van der Waals surface area contributed by atoms with Crippen molar-refractivity contribution in [3.05, 3.63) is 70.8 Å². The fourth-order valence-corrected chi connectivity index (χ4v) is 5.88. The third-order valence-electron chi connectivity index (χ3n) is 7.68. The van der Waals surface area contributed by atoms with E-state index in [1.165, 1.54) is 5.56 Å². The molecule has 1 aliphatic carbocycles. The van der Waals surface area contributed by atoms with Crippen molar-refractivity contribution in [3.63, 3.8) is 0 Å². The summed E-state index contributed by atoms with van der Waals surface area (Å²) in [5.41, 5.74) is 8.58. The summed E-state index contributed by atoms with van der Waals surface area (Å²) in [6.45, 7) is 10.5. The van der Waals surface area contributed by atoms with Crippen molar-refractivity contribution >= 4 is 11.9 Å². The van der Waals surface area contributed by atoms with Gasteiger partial charge in [0.25, 0.3) is 0 Å². The molecule has 3 heterocycles. The molecule has 1 aromatic carbocycles. The molecule has 1 N–H and O–H groups in total. The normalized spacial score (nSPS) is 20.5. The highest BCUT2D eigenvalue weighted by Crippen LogP contribution is 2.42. The van der Waals surface area contributed by atoms with E-state index in [4.69, 9.17) is 19.4 Å². The van der Waals surface area contributed by atoms with Gasteiger partial charge in [0.1, 0.15) is 11.6 Å². The Kier molecular flexibility index (Phi) is 7.88. The summed E-state index contributed by atoms with van der Waals surface area (Å²) in [6.07, 6.45) is 8.92. The molecule has 3 aromatic rings. The van der Waals surface area contributed by atoms with Crippen LogP contribution in [0.25, 0.3) is 28.5 Å². The predicted molar refractivity (Wildman–Crippen MR) is 156 cm³/mol. The molecule has 0 radical (unpaired) electrons. The van der Waals surface area contributed by atoms with Crippen LogP contribution >= 0.6 is 0 Å². The Morgan fingerprint density at radius 3 is 2.54 bits per heavy atom. The van der Waals surface area contributed by atoms with Crippen LogP contribution in [0.2, 0.25) is 0 Å². The Morgan fingerprint density at radius 1 is 1.08 bits per heavy atom. The van der Waals surface area contributed by atoms with Gasteiger partial charge in [-0.25, -0.2) is 9.37 Å². The van der Waals surface area contributed by atoms with E-state index in [9.17, 15) is 4.39 Å². The molecule has 2 atom stereocenters. The number of anilines is 1. The number of rotatable bonds is 6. The zero-order valence-corrected chi connectivity index (χ0v) is 24.0. The molecule has 2 aromatic heterocycles. The Balaban J connectivity index is 1.71. The first-order valence-electron chi connectivity index (χ1n) is 14.2. The standard InChI is InChI=1S/C33H40FN3O2/c1-7-23-19-24(39-33(4,5)38-23)15-16-27-30(21-11-13-22(34)14-12-21)26-9-8-10-28-25(17-18-29(35-6)36-28)32(26)37-31(27)20(2)3/h11-18,20,23-24H,7-10,19H2,1-6H3,(H,35,36)/b16-15+/t23-,24+/m0/s1. The molecule has 0 amide bonds. The summed E-state index contributed by atoms with van der Waals surface area (Å²) in [7, 11) is 1.89. The molecular formula is C33H40FN3O2. The van der Waals surface area contributed by atoms with E-state index in [0.717, 1.165) is 77.3 Å². The summed E-state index contributed by atoms with van der Waals surface area (Å²) in [5.74, 6) is 0.173. The molecule has 5 rings (SSSR count). The molecule has 1 aliphatic heterocycles. The summed E-state index contributed by atoms with van der Waals surface area (Å²) in [6, 6.07) is 11.0. The number of pyridine rings is 2. The quantitative estimate of drug-likeness (QED) is 0.351. The predicted octanol–water partition coefficient (Wildman–Crippen LogP) is 7.94. The van der Waals surface area contributed by atoms with Gasteiger partial charge in [-0.1, -0.05) is 45.1 Å². The minimum Gasteiger partial charge on any atom is -0.373 e. The molecule has 1 fully saturated rings. The lowest BCUT2D eigenvalue weighted by atomic mass is 9.86. The number of ether oxygens (including phenoxy) is 2. The second kappa shape index (κ2) is 11.2. The van der Waals surface area contributed by atoms with Crippen molar-refractivity contribution in [1.29, 1.82) is 0 Å². The maximum atomic E-state index is 14.0. The van der Waals surface area contributed by atoms with E-state index >= 15 is 0 Å². The van der Waals surface area contributed by atoms with Crippen LogP contribution in [0.1, 0.15) is 82.3 Å². The van der Waals surface area contributed by atoms with E-state index in [1.54, 1.807) is 12.1 Å². The van der Waals surface area contributed by atoms with Gasteiger partial charge in [-0.15, -0.1) is 0 Å². The van der Waals surface area contributed by atoms with Crippen LogP contribution in [-0.2, 0) is 22.3 Å². The van der Waals surface area contributed by atoms with Crippen molar-refractivity contribution < 1.29 is 13.9 Å². The zero-order chi connectivity index (χ0) is 27.7. The molecule has 1 saturated heterocycles.